The van der Waals surface area contributed by atoms with Crippen LogP contribution in [0.15, 0.2) is 24.3 Å². The molecule has 1 saturated heterocycles. The van der Waals surface area contributed by atoms with Gasteiger partial charge < -0.3 is 4.74 Å². The van der Waals surface area contributed by atoms with Crippen LogP contribution in [0.3, 0.4) is 0 Å². The molecule has 6 nitrogen and oxygen atoms in total. The average Bonchev–Trinajstić information content (AvgIpc) is 3.03. The highest BCUT2D eigenvalue weighted by atomic mass is 32.2. The summed E-state index contributed by atoms with van der Waals surface area (Å²) in [6, 6.07) is 7.56. The first-order valence-electron chi connectivity index (χ1n) is 7.31. The molecule has 1 heterocycles. The van der Waals surface area contributed by atoms with E-state index < -0.39 is 16.2 Å². The fraction of sp³-hybridized carbons (Fsp3) is 0.533. The Labute approximate surface area is 131 Å². The lowest BCUT2D eigenvalue weighted by molar-refractivity contribution is -0.140. The van der Waals surface area contributed by atoms with Crippen molar-refractivity contribution in [3.63, 3.8) is 0 Å². The molecule has 1 aromatic carbocycles. The lowest BCUT2D eigenvalue weighted by Gasteiger charge is -2.26. The van der Waals surface area contributed by atoms with Gasteiger partial charge in [0.25, 0.3) is 10.2 Å². The maximum Gasteiger partial charge on any atom is 0.321 e. The SMILES string of the molecule is COC(=O)CN(Cc1ccccc1C)S(=O)(=O)N1CCCC1. The van der Waals surface area contributed by atoms with Crippen molar-refractivity contribution in [3.8, 4) is 0 Å². The lowest BCUT2D eigenvalue weighted by Crippen LogP contribution is -2.44. The van der Waals surface area contributed by atoms with Crippen molar-refractivity contribution in [1.82, 2.24) is 8.61 Å². The minimum atomic E-state index is -3.66. The number of ether oxygens (including phenoxy) is 1. The zero-order valence-electron chi connectivity index (χ0n) is 13.0. The predicted octanol–water partition coefficient (Wildman–Crippen LogP) is 1.31. The van der Waals surface area contributed by atoms with Gasteiger partial charge in [-0.2, -0.15) is 17.0 Å². The molecule has 2 rings (SSSR count). The monoisotopic (exact) mass is 326 g/mol. The minimum absolute atomic E-state index is 0.167. The van der Waals surface area contributed by atoms with Gasteiger partial charge in [-0.3, -0.25) is 4.79 Å². The molecule has 0 N–H and O–H groups in total. The Balaban J connectivity index is 2.26. The number of methoxy groups -OCH3 is 1. The standard InChI is InChI=1S/C15H22N2O4S/c1-13-7-3-4-8-14(13)11-17(12-15(18)21-2)22(19,20)16-9-5-6-10-16/h3-4,7-8H,5-6,9-12H2,1-2H3. The zero-order chi connectivity index (χ0) is 16.2. The summed E-state index contributed by atoms with van der Waals surface area (Å²) in [4.78, 5) is 11.6. The van der Waals surface area contributed by atoms with Crippen molar-refractivity contribution in [2.24, 2.45) is 0 Å². The Morgan fingerprint density at radius 2 is 1.91 bits per heavy atom. The number of carbonyl (C=O) groups excluding carboxylic acids is 1. The van der Waals surface area contributed by atoms with Crippen LogP contribution in [0.4, 0.5) is 0 Å². The van der Waals surface area contributed by atoms with Gasteiger partial charge in [-0.1, -0.05) is 24.3 Å². The number of hydrogen-bond acceptors (Lipinski definition) is 4. The first kappa shape index (κ1) is 16.9. The maximum atomic E-state index is 12.7. The van der Waals surface area contributed by atoms with Gasteiger partial charge in [0.2, 0.25) is 0 Å². The highest BCUT2D eigenvalue weighted by molar-refractivity contribution is 7.86. The van der Waals surface area contributed by atoms with E-state index >= 15 is 0 Å². The molecule has 1 aliphatic rings. The third kappa shape index (κ3) is 3.85. The van der Waals surface area contributed by atoms with Gasteiger partial charge in [-0.15, -0.1) is 0 Å². The van der Waals surface area contributed by atoms with E-state index in [0.717, 1.165) is 24.0 Å². The number of rotatable bonds is 6. The van der Waals surface area contributed by atoms with Crippen molar-refractivity contribution >= 4 is 16.2 Å². The van der Waals surface area contributed by atoms with E-state index in [1.54, 1.807) is 0 Å². The molecule has 1 aliphatic heterocycles. The van der Waals surface area contributed by atoms with Crippen molar-refractivity contribution in [2.75, 3.05) is 26.7 Å². The van der Waals surface area contributed by atoms with Gasteiger partial charge in [0.05, 0.1) is 7.11 Å². The first-order valence-corrected chi connectivity index (χ1v) is 8.71. The zero-order valence-corrected chi connectivity index (χ0v) is 13.8. The van der Waals surface area contributed by atoms with E-state index in [-0.39, 0.29) is 13.1 Å². The quantitative estimate of drug-likeness (QED) is 0.739. The normalized spacial score (nSPS) is 16.1. The molecule has 22 heavy (non-hydrogen) atoms. The summed E-state index contributed by atoms with van der Waals surface area (Å²) in [6.07, 6.45) is 1.71. The molecule has 1 aromatic rings. The summed E-state index contributed by atoms with van der Waals surface area (Å²) in [6.45, 7) is 2.83. The summed E-state index contributed by atoms with van der Waals surface area (Å²) in [7, 11) is -2.39. The highest BCUT2D eigenvalue weighted by Crippen LogP contribution is 2.20. The Kier molecular flexibility index (Phi) is 5.55. The van der Waals surface area contributed by atoms with E-state index in [2.05, 4.69) is 4.74 Å². The summed E-state index contributed by atoms with van der Waals surface area (Å²) < 4.78 is 32.8. The molecule has 0 amide bonds. The number of benzene rings is 1. The van der Waals surface area contributed by atoms with E-state index in [9.17, 15) is 13.2 Å². The fourth-order valence-corrected chi connectivity index (χ4v) is 4.10. The molecule has 0 unspecified atom stereocenters. The summed E-state index contributed by atoms with van der Waals surface area (Å²) in [5, 5.41) is 0. The number of esters is 1. The summed E-state index contributed by atoms with van der Waals surface area (Å²) in [5.74, 6) is -0.559. The molecule has 0 saturated carbocycles. The first-order chi connectivity index (χ1) is 10.4. The fourth-order valence-electron chi connectivity index (χ4n) is 2.49. The third-order valence-electron chi connectivity index (χ3n) is 3.86. The Hall–Kier alpha value is -1.44. The number of carbonyl (C=O) groups is 1. The largest absolute Gasteiger partial charge is 0.468 e. The molecule has 0 atom stereocenters. The van der Waals surface area contributed by atoms with Crippen LogP contribution >= 0.6 is 0 Å². The van der Waals surface area contributed by atoms with Crippen LogP contribution < -0.4 is 0 Å². The van der Waals surface area contributed by atoms with Crippen LogP contribution in [0.5, 0.6) is 0 Å². The second-order valence-electron chi connectivity index (χ2n) is 5.38. The van der Waals surface area contributed by atoms with Gasteiger partial charge in [-0.05, 0) is 30.9 Å². The second kappa shape index (κ2) is 7.21. The second-order valence-corrected chi connectivity index (χ2v) is 7.31. The molecule has 0 spiro atoms. The Morgan fingerprint density at radius 3 is 2.50 bits per heavy atom. The molecule has 122 valence electrons. The van der Waals surface area contributed by atoms with Crippen molar-refractivity contribution in [3.05, 3.63) is 35.4 Å². The van der Waals surface area contributed by atoms with Crippen molar-refractivity contribution < 1.29 is 17.9 Å². The van der Waals surface area contributed by atoms with Gasteiger partial charge in [0, 0.05) is 19.6 Å². The third-order valence-corrected chi connectivity index (χ3v) is 5.79. The molecular formula is C15H22N2O4S. The van der Waals surface area contributed by atoms with Gasteiger partial charge in [0.15, 0.2) is 0 Å². The number of aryl methyl sites for hydroxylation is 1. The van der Waals surface area contributed by atoms with E-state index in [4.69, 9.17) is 0 Å². The van der Waals surface area contributed by atoms with Crippen LogP contribution in [0.2, 0.25) is 0 Å². The van der Waals surface area contributed by atoms with Gasteiger partial charge >= 0.3 is 5.97 Å². The molecule has 0 radical (unpaired) electrons. The van der Waals surface area contributed by atoms with E-state index in [0.29, 0.717) is 13.1 Å². The highest BCUT2D eigenvalue weighted by Gasteiger charge is 2.33. The van der Waals surface area contributed by atoms with Gasteiger partial charge in [0.1, 0.15) is 6.54 Å². The molecule has 0 aromatic heterocycles. The van der Waals surface area contributed by atoms with Crippen molar-refractivity contribution in [1.29, 1.82) is 0 Å². The van der Waals surface area contributed by atoms with Crippen LogP contribution in [0.25, 0.3) is 0 Å². The molecular weight excluding hydrogens is 304 g/mol. The molecule has 1 fully saturated rings. The minimum Gasteiger partial charge on any atom is -0.468 e. The maximum absolute atomic E-state index is 12.7. The molecule has 7 heteroatoms. The van der Waals surface area contributed by atoms with Gasteiger partial charge in [-0.25, -0.2) is 0 Å². The Bertz CT molecular complexity index is 624. The van der Waals surface area contributed by atoms with Crippen LogP contribution in [0.1, 0.15) is 24.0 Å². The Morgan fingerprint density at radius 1 is 1.27 bits per heavy atom. The number of hydrogen-bond donors (Lipinski definition) is 0. The van der Waals surface area contributed by atoms with Crippen LogP contribution in [-0.2, 0) is 26.3 Å². The van der Waals surface area contributed by atoms with E-state index in [1.807, 2.05) is 31.2 Å². The predicted molar refractivity (Wildman–Crippen MR) is 83.3 cm³/mol. The average molecular weight is 326 g/mol. The topological polar surface area (TPSA) is 66.9 Å². The van der Waals surface area contributed by atoms with E-state index in [1.165, 1.54) is 15.7 Å². The lowest BCUT2D eigenvalue weighted by atomic mass is 10.1. The smallest absolute Gasteiger partial charge is 0.321 e. The molecule has 0 aliphatic carbocycles. The summed E-state index contributed by atoms with van der Waals surface area (Å²) in [5.41, 5.74) is 1.88. The van der Waals surface area contributed by atoms with Crippen LogP contribution in [0, 0.1) is 6.92 Å². The summed E-state index contributed by atoms with van der Waals surface area (Å²) >= 11 is 0. The number of nitrogens with zero attached hydrogens (tertiary/aromatic N) is 2. The van der Waals surface area contributed by atoms with Crippen LogP contribution in [-0.4, -0.2) is 49.7 Å². The molecule has 0 bridgehead atoms. The van der Waals surface area contributed by atoms with Crippen molar-refractivity contribution in [2.45, 2.75) is 26.3 Å².